The topological polar surface area (TPSA) is 135 Å². The molecule has 3 amide bonds. The van der Waals surface area contributed by atoms with Gasteiger partial charge in [0.05, 0.1) is 30.8 Å². The minimum atomic E-state index is -0.291. The summed E-state index contributed by atoms with van der Waals surface area (Å²) in [6.07, 6.45) is 7.03. The number of ether oxygens (including phenoxy) is 1. The maximum atomic E-state index is 13.0. The fourth-order valence-corrected chi connectivity index (χ4v) is 5.80. The van der Waals surface area contributed by atoms with Gasteiger partial charge in [0, 0.05) is 57.3 Å². The van der Waals surface area contributed by atoms with E-state index in [0.717, 1.165) is 53.9 Å². The van der Waals surface area contributed by atoms with Crippen molar-refractivity contribution in [3.05, 3.63) is 72.4 Å². The number of benzene rings is 2. The lowest BCUT2D eigenvalue weighted by molar-refractivity contribution is -0.133. The number of nitrogens with zero attached hydrogens (tertiary/aromatic N) is 6. The van der Waals surface area contributed by atoms with Crippen molar-refractivity contribution in [3.8, 4) is 11.4 Å². The maximum Gasteiger partial charge on any atom is 0.318 e. The van der Waals surface area contributed by atoms with Crippen LogP contribution in [0.1, 0.15) is 37.3 Å². The van der Waals surface area contributed by atoms with Crippen LogP contribution in [0.3, 0.4) is 0 Å². The molecule has 0 unspecified atom stereocenters. The molecule has 12 nitrogen and oxygen atoms in total. The fraction of sp³-hybridized carbons (Fsp3) is 0.353. The van der Waals surface area contributed by atoms with Crippen LogP contribution in [0, 0.1) is 0 Å². The predicted octanol–water partition coefficient (Wildman–Crippen LogP) is 4.31. The monoisotopic (exact) mass is 622 g/mol. The molecule has 6 rings (SSSR count). The number of anilines is 2. The molecular formula is C34H38N8O4. The zero-order valence-corrected chi connectivity index (χ0v) is 25.9. The second kappa shape index (κ2) is 14.3. The molecule has 2 fully saturated rings. The molecule has 0 atom stereocenters. The van der Waals surface area contributed by atoms with Crippen LogP contribution in [-0.2, 0) is 14.3 Å². The number of likely N-dealkylation sites (tertiary alicyclic amines) is 1. The largest absolute Gasteiger partial charge is 0.378 e. The van der Waals surface area contributed by atoms with Crippen molar-refractivity contribution >= 4 is 46.3 Å². The Kier molecular flexibility index (Phi) is 9.63. The van der Waals surface area contributed by atoms with Gasteiger partial charge in [-0.2, -0.15) is 5.10 Å². The number of urea groups is 1. The molecule has 0 bridgehead atoms. The summed E-state index contributed by atoms with van der Waals surface area (Å²) in [5.74, 6) is 1.33. The van der Waals surface area contributed by atoms with Crippen LogP contribution in [0.15, 0.2) is 66.9 Å². The van der Waals surface area contributed by atoms with Gasteiger partial charge in [-0.1, -0.05) is 36.4 Å². The first-order valence-electron chi connectivity index (χ1n) is 15.7. The maximum absolute atomic E-state index is 13.0. The summed E-state index contributed by atoms with van der Waals surface area (Å²) in [4.78, 5) is 51.1. The molecule has 12 heteroatoms. The Morgan fingerprint density at radius 3 is 2.39 bits per heavy atom. The average Bonchev–Trinajstić information content (AvgIpc) is 3.54. The average molecular weight is 623 g/mol. The van der Waals surface area contributed by atoms with E-state index in [1.807, 2.05) is 70.4 Å². The molecule has 2 aromatic heterocycles. The highest BCUT2D eigenvalue weighted by atomic mass is 16.5. The second-order valence-corrected chi connectivity index (χ2v) is 11.4. The Morgan fingerprint density at radius 2 is 1.67 bits per heavy atom. The number of rotatable bonds is 9. The van der Waals surface area contributed by atoms with E-state index in [4.69, 9.17) is 19.8 Å². The molecule has 46 heavy (non-hydrogen) atoms. The minimum Gasteiger partial charge on any atom is -0.378 e. The molecule has 2 aromatic carbocycles. The van der Waals surface area contributed by atoms with Crippen LogP contribution in [0.2, 0.25) is 0 Å². The van der Waals surface area contributed by atoms with E-state index < -0.39 is 0 Å². The smallest absolute Gasteiger partial charge is 0.318 e. The molecule has 2 saturated heterocycles. The second-order valence-electron chi connectivity index (χ2n) is 11.4. The van der Waals surface area contributed by atoms with Gasteiger partial charge in [0.25, 0.3) is 0 Å². The number of morpholine rings is 1. The number of allylic oxidation sites excluding steroid dienone is 1. The molecular weight excluding hydrogens is 584 g/mol. The van der Waals surface area contributed by atoms with E-state index in [1.165, 1.54) is 0 Å². The highest BCUT2D eigenvalue weighted by molar-refractivity contribution is 5.95. The van der Waals surface area contributed by atoms with E-state index in [-0.39, 0.29) is 36.6 Å². The molecule has 0 saturated carbocycles. The van der Waals surface area contributed by atoms with E-state index >= 15 is 0 Å². The Labute approximate surface area is 267 Å². The summed E-state index contributed by atoms with van der Waals surface area (Å²) < 4.78 is 7.57. The third-order valence-electron chi connectivity index (χ3n) is 8.38. The Morgan fingerprint density at radius 1 is 0.935 bits per heavy atom. The summed E-state index contributed by atoms with van der Waals surface area (Å²) in [5, 5.41) is 11.0. The Hall–Kier alpha value is -5.10. The molecule has 2 aliphatic rings. The highest BCUT2D eigenvalue weighted by Gasteiger charge is 2.28. The van der Waals surface area contributed by atoms with E-state index in [1.54, 1.807) is 19.2 Å². The fourth-order valence-electron chi connectivity index (χ4n) is 5.80. The first kappa shape index (κ1) is 30.9. The van der Waals surface area contributed by atoms with Crippen molar-refractivity contribution < 1.29 is 19.1 Å². The van der Waals surface area contributed by atoms with Gasteiger partial charge in [0.15, 0.2) is 17.3 Å². The number of carbonyl (C=O) groups excluding carboxylic acids is 3. The summed E-state index contributed by atoms with van der Waals surface area (Å²) in [6.45, 7) is 3.86. The molecule has 0 radical (unpaired) electrons. The molecule has 2 aliphatic heterocycles. The molecule has 2 N–H and O–H groups in total. The van der Waals surface area contributed by atoms with Crippen molar-refractivity contribution in [2.24, 2.45) is 0 Å². The lowest BCUT2D eigenvalue weighted by Crippen LogP contribution is -2.39. The number of hydrogen-bond donors (Lipinski definition) is 2. The van der Waals surface area contributed by atoms with Crippen LogP contribution in [-0.4, -0.2) is 88.8 Å². The zero-order valence-electron chi connectivity index (χ0n) is 25.9. The van der Waals surface area contributed by atoms with Gasteiger partial charge in [-0.15, -0.1) is 0 Å². The Bertz CT molecular complexity index is 1710. The first-order valence-corrected chi connectivity index (χ1v) is 15.7. The van der Waals surface area contributed by atoms with Gasteiger partial charge < -0.3 is 25.2 Å². The normalized spacial score (nSPS) is 15.8. The first-order chi connectivity index (χ1) is 22.5. The van der Waals surface area contributed by atoms with Crippen molar-refractivity contribution in [2.45, 2.75) is 31.7 Å². The number of carbonyl (C=O) groups is 3. The summed E-state index contributed by atoms with van der Waals surface area (Å²) in [6, 6.07) is 16.8. The van der Waals surface area contributed by atoms with Crippen molar-refractivity contribution in [1.82, 2.24) is 30.0 Å². The highest BCUT2D eigenvalue weighted by Crippen LogP contribution is 2.32. The number of nitrogens with one attached hydrogen (secondary N) is 2. The quantitative estimate of drug-likeness (QED) is 0.264. The van der Waals surface area contributed by atoms with Crippen molar-refractivity contribution in [3.63, 3.8) is 0 Å². The standard InChI is InChI=1S/C34H38N8O4/c1-35-34(45)37-26-10-8-25(9-11-26)31-38-32(41-19-21-46-22-20-41)29-23-36-42(33(29)39-31)27-15-17-40(18-16-27)30(44)14-13-28(43)12-7-24-5-3-2-4-6-24/h2-12,23,27H,13-22H2,1H3,(H2,35,37,45). The lowest BCUT2D eigenvalue weighted by Gasteiger charge is -2.32. The van der Waals surface area contributed by atoms with Gasteiger partial charge in [-0.05, 0) is 48.7 Å². The van der Waals surface area contributed by atoms with Gasteiger partial charge in [0.2, 0.25) is 5.91 Å². The number of amides is 3. The molecule has 4 heterocycles. The number of fused-ring (bicyclic) bond motifs is 1. The molecule has 0 spiro atoms. The third-order valence-corrected chi connectivity index (χ3v) is 8.38. The van der Waals surface area contributed by atoms with Crippen molar-refractivity contribution in [1.29, 1.82) is 0 Å². The van der Waals surface area contributed by atoms with E-state index in [0.29, 0.717) is 37.8 Å². The van der Waals surface area contributed by atoms with Crippen LogP contribution >= 0.6 is 0 Å². The molecule has 4 aromatic rings. The van der Waals surface area contributed by atoms with Gasteiger partial charge in [-0.3, -0.25) is 9.59 Å². The SMILES string of the molecule is CNC(=O)Nc1ccc(-c2nc(N3CCOCC3)c3cnn(C4CCN(C(=O)CCC(=O)C=Cc5ccccc5)CC4)c3n2)cc1. The van der Waals surface area contributed by atoms with Gasteiger partial charge in [-0.25, -0.2) is 19.4 Å². The number of ketones is 1. The van der Waals surface area contributed by atoms with Gasteiger partial charge in [0.1, 0.15) is 5.82 Å². The van der Waals surface area contributed by atoms with Crippen LogP contribution in [0.25, 0.3) is 28.5 Å². The number of hydrogen-bond acceptors (Lipinski definition) is 8. The van der Waals surface area contributed by atoms with Gasteiger partial charge >= 0.3 is 6.03 Å². The summed E-state index contributed by atoms with van der Waals surface area (Å²) >= 11 is 0. The van der Waals surface area contributed by atoms with Crippen LogP contribution in [0.5, 0.6) is 0 Å². The third kappa shape index (κ3) is 7.23. The minimum absolute atomic E-state index is 0.00111. The molecule has 238 valence electrons. The van der Waals surface area contributed by atoms with Crippen LogP contribution < -0.4 is 15.5 Å². The zero-order chi connectivity index (χ0) is 31.9. The Balaban J connectivity index is 1.15. The molecule has 0 aliphatic carbocycles. The van der Waals surface area contributed by atoms with Crippen LogP contribution in [0.4, 0.5) is 16.3 Å². The number of aromatic nitrogens is 4. The van der Waals surface area contributed by atoms with Crippen molar-refractivity contribution in [2.75, 3.05) is 56.7 Å². The number of piperidine rings is 1. The lowest BCUT2D eigenvalue weighted by atomic mass is 10.0. The predicted molar refractivity (Wildman–Crippen MR) is 176 cm³/mol. The van der Waals surface area contributed by atoms with E-state index in [2.05, 4.69) is 15.5 Å². The summed E-state index contributed by atoms with van der Waals surface area (Å²) in [7, 11) is 1.57. The summed E-state index contributed by atoms with van der Waals surface area (Å²) in [5.41, 5.74) is 3.19. The van der Waals surface area contributed by atoms with E-state index in [9.17, 15) is 14.4 Å².